The summed E-state index contributed by atoms with van der Waals surface area (Å²) in [5.74, 6) is -0.289. The normalized spacial score (nSPS) is 23.0. The van der Waals surface area contributed by atoms with Crippen molar-refractivity contribution in [3.8, 4) is 0 Å². The van der Waals surface area contributed by atoms with Gasteiger partial charge in [-0.05, 0) is 56.5 Å². The molecular formula is C27H32N4O3S. The van der Waals surface area contributed by atoms with Gasteiger partial charge in [0.1, 0.15) is 0 Å². The molecule has 184 valence electrons. The minimum absolute atomic E-state index is 0.0645. The number of amides is 3. The summed E-state index contributed by atoms with van der Waals surface area (Å²) < 4.78 is 0. The fraction of sp³-hybridized carbons (Fsp3) is 0.444. The highest BCUT2D eigenvalue weighted by Gasteiger charge is 2.39. The zero-order valence-electron chi connectivity index (χ0n) is 20.3. The third-order valence-electron chi connectivity index (χ3n) is 7.28. The van der Waals surface area contributed by atoms with Crippen LogP contribution in [-0.2, 0) is 14.4 Å². The molecule has 1 N–H and O–H groups in total. The van der Waals surface area contributed by atoms with E-state index in [-0.39, 0.29) is 29.7 Å². The number of piperazine rings is 1. The molecule has 2 saturated heterocycles. The van der Waals surface area contributed by atoms with Crippen LogP contribution in [0.4, 0.5) is 11.4 Å². The number of piperidine rings is 1. The van der Waals surface area contributed by atoms with E-state index in [4.69, 9.17) is 0 Å². The van der Waals surface area contributed by atoms with Gasteiger partial charge >= 0.3 is 0 Å². The summed E-state index contributed by atoms with van der Waals surface area (Å²) in [6, 6.07) is 16.3. The van der Waals surface area contributed by atoms with E-state index < -0.39 is 5.25 Å². The average molecular weight is 493 g/mol. The van der Waals surface area contributed by atoms with E-state index in [2.05, 4.69) is 48.3 Å². The lowest BCUT2D eigenvalue weighted by molar-refractivity contribution is -0.142. The third kappa shape index (κ3) is 4.89. The Bertz CT molecular complexity index is 1130. The Morgan fingerprint density at radius 3 is 2.46 bits per heavy atom. The van der Waals surface area contributed by atoms with Crippen LogP contribution in [0.25, 0.3) is 0 Å². The van der Waals surface area contributed by atoms with Gasteiger partial charge in [-0.25, -0.2) is 0 Å². The van der Waals surface area contributed by atoms with Gasteiger partial charge in [0.25, 0.3) is 0 Å². The largest absolute Gasteiger partial charge is 0.365 e. The molecule has 3 aliphatic heterocycles. The van der Waals surface area contributed by atoms with Crippen molar-refractivity contribution in [2.24, 2.45) is 5.92 Å². The monoisotopic (exact) mass is 492 g/mol. The van der Waals surface area contributed by atoms with Crippen LogP contribution in [-0.4, -0.2) is 71.5 Å². The Morgan fingerprint density at radius 1 is 0.943 bits per heavy atom. The van der Waals surface area contributed by atoms with Gasteiger partial charge in [0.2, 0.25) is 17.7 Å². The van der Waals surface area contributed by atoms with Crippen LogP contribution >= 0.6 is 11.8 Å². The van der Waals surface area contributed by atoms with Crippen LogP contribution in [0.3, 0.4) is 0 Å². The molecule has 2 aromatic rings. The summed E-state index contributed by atoms with van der Waals surface area (Å²) in [7, 11) is 0. The van der Waals surface area contributed by atoms with Crippen LogP contribution in [0.2, 0.25) is 0 Å². The first-order valence-corrected chi connectivity index (χ1v) is 13.3. The first-order valence-electron chi connectivity index (χ1n) is 12.4. The molecular weight excluding hydrogens is 460 g/mol. The van der Waals surface area contributed by atoms with E-state index in [1.807, 2.05) is 29.2 Å². The van der Waals surface area contributed by atoms with Gasteiger partial charge in [-0.1, -0.05) is 24.3 Å². The molecule has 2 aromatic carbocycles. The standard InChI is InChI=1S/C27H32N4O3S/c1-18-6-5-7-21(16-18)31-15-14-30(17-19(31)2)26(33)20-10-12-29(13-11-20)27(34)24-25(32)28-22-8-3-4-9-23(22)35-24/h3-9,16,19-20,24H,10-15,17H2,1-2H3,(H,28,32)/t19-,24+/m1/s1. The maximum atomic E-state index is 13.3. The molecule has 2 atom stereocenters. The molecule has 2 fully saturated rings. The molecule has 35 heavy (non-hydrogen) atoms. The molecule has 3 aliphatic rings. The summed E-state index contributed by atoms with van der Waals surface area (Å²) in [4.78, 5) is 46.0. The first-order chi connectivity index (χ1) is 16.9. The van der Waals surface area contributed by atoms with Crippen molar-refractivity contribution in [2.75, 3.05) is 42.9 Å². The van der Waals surface area contributed by atoms with Gasteiger partial charge in [0.15, 0.2) is 5.25 Å². The Morgan fingerprint density at radius 2 is 1.71 bits per heavy atom. The molecule has 3 amide bonds. The second-order valence-corrected chi connectivity index (χ2v) is 10.9. The molecule has 0 saturated carbocycles. The highest BCUT2D eigenvalue weighted by Crippen LogP contribution is 2.36. The lowest BCUT2D eigenvalue weighted by Crippen LogP contribution is -2.56. The molecule has 0 unspecified atom stereocenters. The number of hydrogen-bond donors (Lipinski definition) is 1. The number of anilines is 2. The van der Waals surface area contributed by atoms with Crippen molar-refractivity contribution >= 4 is 40.9 Å². The number of thioether (sulfide) groups is 1. The molecule has 0 aliphatic carbocycles. The molecule has 0 spiro atoms. The minimum atomic E-state index is -0.771. The second-order valence-electron chi connectivity index (χ2n) is 9.75. The minimum Gasteiger partial charge on any atom is -0.365 e. The fourth-order valence-electron chi connectivity index (χ4n) is 5.33. The van der Waals surface area contributed by atoms with Gasteiger partial charge in [0, 0.05) is 55.3 Å². The van der Waals surface area contributed by atoms with Crippen LogP contribution in [0.15, 0.2) is 53.4 Å². The highest BCUT2D eigenvalue weighted by atomic mass is 32.2. The number of carbonyl (C=O) groups is 3. The smallest absolute Gasteiger partial charge is 0.247 e. The van der Waals surface area contributed by atoms with Crippen molar-refractivity contribution < 1.29 is 14.4 Å². The maximum Gasteiger partial charge on any atom is 0.247 e. The van der Waals surface area contributed by atoms with E-state index in [0.717, 1.165) is 17.1 Å². The van der Waals surface area contributed by atoms with Crippen molar-refractivity contribution in [1.29, 1.82) is 0 Å². The number of likely N-dealkylation sites (tertiary alicyclic amines) is 1. The Labute approximate surface area is 210 Å². The average Bonchev–Trinajstić information content (AvgIpc) is 2.87. The number of nitrogens with one attached hydrogen (secondary N) is 1. The number of para-hydroxylation sites is 1. The topological polar surface area (TPSA) is 73.0 Å². The molecule has 5 rings (SSSR count). The number of hydrogen-bond acceptors (Lipinski definition) is 5. The summed E-state index contributed by atoms with van der Waals surface area (Å²) in [5.41, 5.74) is 3.21. The molecule has 0 bridgehead atoms. The van der Waals surface area contributed by atoms with Crippen molar-refractivity contribution in [3.63, 3.8) is 0 Å². The van der Waals surface area contributed by atoms with Crippen molar-refractivity contribution in [1.82, 2.24) is 9.80 Å². The number of nitrogens with zero attached hydrogens (tertiary/aromatic N) is 3. The van der Waals surface area contributed by atoms with Crippen LogP contribution < -0.4 is 10.2 Å². The second kappa shape index (κ2) is 9.93. The Kier molecular flexibility index (Phi) is 6.73. The van der Waals surface area contributed by atoms with Gasteiger partial charge in [0.05, 0.1) is 5.69 Å². The lowest BCUT2D eigenvalue weighted by Gasteiger charge is -2.43. The van der Waals surface area contributed by atoms with Crippen LogP contribution in [0.5, 0.6) is 0 Å². The van der Waals surface area contributed by atoms with E-state index in [9.17, 15) is 14.4 Å². The predicted octanol–water partition coefficient (Wildman–Crippen LogP) is 3.38. The maximum absolute atomic E-state index is 13.3. The first kappa shape index (κ1) is 23.7. The molecule has 0 radical (unpaired) electrons. The highest BCUT2D eigenvalue weighted by molar-refractivity contribution is 8.01. The summed E-state index contributed by atoms with van der Waals surface area (Å²) >= 11 is 1.31. The number of fused-ring (bicyclic) bond motifs is 1. The zero-order chi connectivity index (χ0) is 24.5. The summed E-state index contributed by atoms with van der Waals surface area (Å²) in [6.45, 7) is 7.55. The fourth-order valence-corrected chi connectivity index (χ4v) is 6.41. The quantitative estimate of drug-likeness (QED) is 0.665. The van der Waals surface area contributed by atoms with E-state index >= 15 is 0 Å². The van der Waals surface area contributed by atoms with Crippen LogP contribution in [0.1, 0.15) is 25.3 Å². The van der Waals surface area contributed by atoms with Gasteiger partial charge in [-0.15, -0.1) is 11.8 Å². The lowest BCUT2D eigenvalue weighted by atomic mass is 9.94. The van der Waals surface area contributed by atoms with Crippen molar-refractivity contribution in [3.05, 3.63) is 54.1 Å². The summed E-state index contributed by atoms with van der Waals surface area (Å²) in [6.07, 6.45) is 1.29. The van der Waals surface area contributed by atoms with E-state index in [1.165, 1.54) is 23.0 Å². The van der Waals surface area contributed by atoms with E-state index in [1.54, 1.807) is 4.90 Å². The van der Waals surface area contributed by atoms with Crippen LogP contribution in [0, 0.1) is 12.8 Å². The number of carbonyl (C=O) groups excluding carboxylic acids is 3. The third-order valence-corrected chi connectivity index (χ3v) is 8.54. The Hall–Kier alpha value is -3.00. The molecule has 0 aromatic heterocycles. The van der Waals surface area contributed by atoms with E-state index in [0.29, 0.717) is 39.0 Å². The number of aryl methyl sites for hydroxylation is 1. The predicted molar refractivity (Wildman–Crippen MR) is 139 cm³/mol. The molecule has 7 nitrogen and oxygen atoms in total. The van der Waals surface area contributed by atoms with Crippen molar-refractivity contribution in [2.45, 2.75) is 42.9 Å². The number of benzene rings is 2. The van der Waals surface area contributed by atoms with Gasteiger partial charge in [-0.3, -0.25) is 14.4 Å². The summed E-state index contributed by atoms with van der Waals surface area (Å²) in [5, 5.41) is 2.08. The van der Waals surface area contributed by atoms with Gasteiger partial charge < -0.3 is 20.0 Å². The Balaban J connectivity index is 1.15. The SMILES string of the molecule is Cc1cccc(N2CCN(C(=O)C3CCN(C(=O)[C@H]4Sc5ccccc5NC4=O)CC3)C[C@H]2C)c1. The molecule has 3 heterocycles. The van der Waals surface area contributed by atoms with Gasteiger partial charge in [-0.2, -0.15) is 0 Å². The zero-order valence-corrected chi connectivity index (χ0v) is 21.1. The molecule has 8 heteroatoms. The number of rotatable bonds is 3.